The lowest BCUT2D eigenvalue weighted by atomic mass is 10.1. The maximum Gasteiger partial charge on any atom is 0.420 e. The van der Waals surface area contributed by atoms with Gasteiger partial charge in [-0.1, -0.05) is 36.0 Å². The molecule has 168 valence electrons. The van der Waals surface area contributed by atoms with Crippen molar-refractivity contribution in [2.24, 2.45) is 0 Å². The highest BCUT2D eigenvalue weighted by atomic mass is 32.2. The standard InChI is InChI=1S/C23H21N5O4S/c1-14-11-15(2)25-22(24-14)33-13-16-7-9-17(10-8-16)21(30)27-26-20(29)12-28-18-5-3-4-6-19(18)32-23(28)31/h3-11H,12-13H2,1-2H3,(H,26,29)(H,27,30). The molecule has 2 amide bonds. The molecule has 2 N–H and O–H groups in total. The molecule has 2 aromatic heterocycles. The van der Waals surface area contributed by atoms with Gasteiger partial charge in [-0.25, -0.2) is 14.8 Å². The molecule has 9 nitrogen and oxygen atoms in total. The molecule has 0 aliphatic rings. The molecule has 0 atom stereocenters. The molecule has 2 heterocycles. The van der Waals surface area contributed by atoms with E-state index in [1.165, 1.54) is 16.3 Å². The van der Waals surface area contributed by atoms with Crippen molar-refractivity contribution in [1.82, 2.24) is 25.4 Å². The van der Waals surface area contributed by atoms with E-state index in [0.717, 1.165) is 17.0 Å². The molecule has 0 saturated carbocycles. The molecular formula is C23H21N5O4S. The van der Waals surface area contributed by atoms with Crippen molar-refractivity contribution in [1.29, 1.82) is 0 Å². The van der Waals surface area contributed by atoms with Crippen LogP contribution in [0.15, 0.2) is 69.0 Å². The minimum atomic E-state index is -0.641. The summed E-state index contributed by atoms with van der Waals surface area (Å²) in [5.74, 6) is -1.00. The van der Waals surface area contributed by atoms with E-state index in [1.807, 2.05) is 32.0 Å². The van der Waals surface area contributed by atoms with Gasteiger partial charge in [0.1, 0.15) is 6.54 Å². The Bertz CT molecular complexity index is 1360. The van der Waals surface area contributed by atoms with E-state index in [9.17, 15) is 14.4 Å². The number of aromatic nitrogens is 3. The number of rotatable bonds is 6. The number of nitrogens with one attached hydrogen (secondary N) is 2. The highest BCUT2D eigenvalue weighted by molar-refractivity contribution is 7.98. The van der Waals surface area contributed by atoms with Crippen LogP contribution in [-0.2, 0) is 17.1 Å². The van der Waals surface area contributed by atoms with Crippen LogP contribution in [0.2, 0.25) is 0 Å². The van der Waals surface area contributed by atoms with Crippen LogP contribution < -0.4 is 16.6 Å². The molecule has 4 aromatic rings. The van der Waals surface area contributed by atoms with Crippen LogP contribution >= 0.6 is 11.8 Å². The SMILES string of the molecule is Cc1cc(C)nc(SCc2ccc(C(=O)NNC(=O)Cn3c(=O)oc4ccccc43)cc2)n1. The first-order valence-corrected chi connectivity index (χ1v) is 11.1. The summed E-state index contributed by atoms with van der Waals surface area (Å²) in [7, 11) is 0. The summed E-state index contributed by atoms with van der Waals surface area (Å²) in [5, 5.41) is 0.710. The number of carbonyl (C=O) groups is 2. The van der Waals surface area contributed by atoms with E-state index < -0.39 is 17.6 Å². The van der Waals surface area contributed by atoms with E-state index in [1.54, 1.807) is 36.4 Å². The summed E-state index contributed by atoms with van der Waals surface area (Å²) in [5.41, 5.74) is 8.81. The fourth-order valence-electron chi connectivity index (χ4n) is 3.20. The second kappa shape index (κ2) is 9.70. The number of fused-ring (bicyclic) bond motifs is 1. The Morgan fingerprint density at radius 2 is 1.70 bits per heavy atom. The second-order valence-corrected chi connectivity index (χ2v) is 8.29. The number of hydrogen-bond acceptors (Lipinski definition) is 7. The van der Waals surface area contributed by atoms with Crippen molar-refractivity contribution in [3.8, 4) is 0 Å². The summed E-state index contributed by atoms with van der Waals surface area (Å²) in [6.45, 7) is 3.58. The fourth-order valence-corrected chi connectivity index (χ4v) is 4.11. The summed E-state index contributed by atoms with van der Waals surface area (Å²) < 4.78 is 6.29. The number of benzene rings is 2. The number of nitrogens with zero attached hydrogens (tertiary/aromatic N) is 3. The number of para-hydroxylation sites is 2. The third kappa shape index (κ3) is 5.47. The van der Waals surface area contributed by atoms with Crippen molar-refractivity contribution in [2.45, 2.75) is 31.3 Å². The zero-order valence-corrected chi connectivity index (χ0v) is 18.8. The molecule has 4 rings (SSSR count). The molecule has 2 aromatic carbocycles. The maximum absolute atomic E-state index is 12.4. The van der Waals surface area contributed by atoms with Crippen molar-refractivity contribution >= 4 is 34.7 Å². The van der Waals surface area contributed by atoms with Crippen LogP contribution in [0, 0.1) is 13.8 Å². The van der Waals surface area contributed by atoms with Crippen molar-refractivity contribution < 1.29 is 14.0 Å². The largest absolute Gasteiger partial charge is 0.420 e. The van der Waals surface area contributed by atoms with Crippen LogP contribution in [0.25, 0.3) is 11.1 Å². The van der Waals surface area contributed by atoms with Gasteiger partial charge in [0.2, 0.25) is 0 Å². The van der Waals surface area contributed by atoms with Crippen LogP contribution in [0.5, 0.6) is 0 Å². The van der Waals surface area contributed by atoms with E-state index >= 15 is 0 Å². The van der Waals surface area contributed by atoms with Gasteiger partial charge in [0.15, 0.2) is 10.7 Å². The van der Waals surface area contributed by atoms with Gasteiger partial charge in [0.05, 0.1) is 5.52 Å². The molecule has 10 heteroatoms. The van der Waals surface area contributed by atoms with Crippen LogP contribution in [0.3, 0.4) is 0 Å². The van der Waals surface area contributed by atoms with Crippen LogP contribution in [-0.4, -0.2) is 26.3 Å². The lowest BCUT2D eigenvalue weighted by Gasteiger charge is -2.08. The molecule has 0 fully saturated rings. The summed E-state index contributed by atoms with van der Waals surface area (Å²) in [6, 6.07) is 15.7. The van der Waals surface area contributed by atoms with E-state index in [-0.39, 0.29) is 6.54 Å². The van der Waals surface area contributed by atoms with E-state index in [0.29, 0.717) is 27.6 Å². The van der Waals surface area contributed by atoms with Gasteiger partial charge in [-0.2, -0.15) is 0 Å². The number of carbonyl (C=O) groups excluding carboxylic acids is 2. The molecule has 0 aliphatic heterocycles. The molecule has 0 saturated heterocycles. The minimum absolute atomic E-state index is 0.285. The average Bonchev–Trinajstić information content (AvgIpc) is 3.11. The first-order valence-electron chi connectivity index (χ1n) is 10.1. The Balaban J connectivity index is 1.30. The fraction of sp³-hybridized carbons (Fsp3) is 0.174. The Morgan fingerprint density at radius 3 is 2.42 bits per heavy atom. The second-order valence-electron chi connectivity index (χ2n) is 7.34. The number of hydrazine groups is 1. The lowest BCUT2D eigenvalue weighted by molar-refractivity contribution is -0.122. The van der Waals surface area contributed by atoms with Gasteiger partial charge in [0, 0.05) is 22.7 Å². The summed E-state index contributed by atoms with van der Waals surface area (Å²) in [6.07, 6.45) is 0. The monoisotopic (exact) mass is 463 g/mol. The number of amides is 2. The van der Waals surface area contributed by atoms with Crippen molar-refractivity contribution in [3.63, 3.8) is 0 Å². The Labute approximate surface area is 193 Å². The molecule has 0 spiro atoms. The number of oxazole rings is 1. The quantitative estimate of drug-likeness (QED) is 0.256. The molecule has 0 bridgehead atoms. The summed E-state index contributed by atoms with van der Waals surface area (Å²) >= 11 is 1.52. The number of aryl methyl sites for hydroxylation is 2. The summed E-state index contributed by atoms with van der Waals surface area (Å²) in [4.78, 5) is 45.4. The minimum Gasteiger partial charge on any atom is -0.408 e. The zero-order chi connectivity index (χ0) is 23.4. The van der Waals surface area contributed by atoms with Gasteiger partial charge < -0.3 is 4.42 Å². The van der Waals surface area contributed by atoms with Gasteiger partial charge in [-0.05, 0) is 49.7 Å². The van der Waals surface area contributed by atoms with Gasteiger partial charge in [0.25, 0.3) is 11.8 Å². The zero-order valence-electron chi connectivity index (χ0n) is 18.0. The number of hydrogen-bond donors (Lipinski definition) is 2. The average molecular weight is 464 g/mol. The highest BCUT2D eigenvalue weighted by Crippen LogP contribution is 2.20. The lowest BCUT2D eigenvalue weighted by Crippen LogP contribution is -2.43. The maximum atomic E-state index is 12.4. The van der Waals surface area contributed by atoms with E-state index in [2.05, 4.69) is 20.8 Å². The first-order chi connectivity index (χ1) is 15.9. The third-order valence-electron chi connectivity index (χ3n) is 4.74. The Hall–Kier alpha value is -3.92. The molecule has 33 heavy (non-hydrogen) atoms. The molecule has 0 aliphatic carbocycles. The third-order valence-corrected chi connectivity index (χ3v) is 5.66. The smallest absolute Gasteiger partial charge is 0.408 e. The predicted molar refractivity (Wildman–Crippen MR) is 124 cm³/mol. The Kier molecular flexibility index (Phi) is 6.55. The molecule has 0 unspecified atom stereocenters. The van der Waals surface area contributed by atoms with Gasteiger partial charge >= 0.3 is 5.76 Å². The van der Waals surface area contributed by atoms with E-state index in [4.69, 9.17) is 4.42 Å². The molecular weight excluding hydrogens is 442 g/mol. The molecule has 0 radical (unpaired) electrons. The van der Waals surface area contributed by atoms with Crippen molar-refractivity contribution in [3.05, 3.63) is 87.7 Å². The highest BCUT2D eigenvalue weighted by Gasteiger charge is 2.13. The van der Waals surface area contributed by atoms with Crippen molar-refractivity contribution in [2.75, 3.05) is 0 Å². The first kappa shape index (κ1) is 22.3. The number of thioether (sulfide) groups is 1. The Morgan fingerprint density at radius 1 is 1.00 bits per heavy atom. The topological polar surface area (TPSA) is 119 Å². The van der Waals surface area contributed by atoms with Gasteiger partial charge in [-0.3, -0.25) is 25.0 Å². The predicted octanol–water partition coefficient (Wildman–Crippen LogP) is 2.75. The van der Waals surface area contributed by atoms with Crippen LogP contribution in [0.4, 0.5) is 0 Å². The normalized spacial score (nSPS) is 10.8. The van der Waals surface area contributed by atoms with Gasteiger partial charge in [-0.15, -0.1) is 0 Å². The van der Waals surface area contributed by atoms with Crippen LogP contribution in [0.1, 0.15) is 27.3 Å².